The summed E-state index contributed by atoms with van der Waals surface area (Å²) in [5.74, 6) is -0.729. The lowest BCUT2D eigenvalue weighted by molar-refractivity contribution is -0.126. The van der Waals surface area contributed by atoms with Crippen LogP contribution in [0, 0.1) is 0 Å². The first-order valence-corrected chi connectivity index (χ1v) is 24.3. The van der Waals surface area contributed by atoms with E-state index in [1.54, 1.807) is 136 Å². The quantitative estimate of drug-likeness (QED) is 0.0421. The van der Waals surface area contributed by atoms with E-state index in [0.29, 0.717) is 42.6 Å². The summed E-state index contributed by atoms with van der Waals surface area (Å²) in [4.78, 5) is 117. The number of hydrogen-bond donors (Lipinski definition) is 7. The van der Waals surface area contributed by atoms with Crippen LogP contribution in [-0.2, 0) is 48.0 Å². The number of para-hydroxylation sites is 2. The van der Waals surface area contributed by atoms with Crippen molar-refractivity contribution in [2.45, 2.75) is 150 Å². The van der Waals surface area contributed by atoms with Crippen LogP contribution in [0.25, 0.3) is 11.4 Å². The number of aromatic hydroxyl groups is 3. The molecule has 84 heavy (non-hydrogen) atoms. The number of Topliss-reactive ketones (excluding diaryl/α,β-unsaturated/α-hetero) is 3. The zero-order valence-electron chi connectivity index (χ0n) is 43.3. The Kier molecular flexibility index (Phi) is 38.3. The summed E-state index contributed by atoms with van der Waals surface area (Å²) in [6.07, 6.45) is 2.12. The van der Waals surface area contributed by atoms with E-state index in [4.69, 9.17) is 10.2 Å². The van der Waals surface area contributed by atoms with Crippen molar-refractivity contribution in [3.05, 3.63) is 165 Å². The van der Waals surface area contributed by atoms with Gasteiger partial charge in [-0.2, -0.15) is 4.68 Å². The number of urea groups is 2. The molecule has 0 fully saturated rings. The summed E-state index contributed by atoms with van der Waals surface area (Å²) < 4.78 is 1.90. The summed E-state index contributed by atoms with van der Waals surface area (Å²) in [5.41, 5.74) is 2.01. The molecule has 0 aliphatic carbocycles. The van der Waals surface area contributed by atoms with E-state index in [9.17, 15) is 53.1 Å². The zero-order valence-corrected chi connectivity index (χ0v) is 43.3. The molecule has 3 atom stereocenters. The zero-order chi connectivity index (χ0) is 56.8. The Morgan fingerprint density at radius 3 is 1.15 bits per heavy atom. The number of imide groups is 1. The topological polar surface area (TPSA) is 321 Å². The van der Waals surface area contributed by atoms with Gasteiger partial charge in [0.1, 0.15) is 22.9 Å². The third-order valence-electron chi connectivity index (χ3n) is 11.2. The maximum absolute atomic E-state index is 12.8. The number of rotatable bonds is 18. The first-order valence-electron chi connectivity index (χ1n) is 24.3. The van der Waals surface area contributed by atoms with Gasteiger partial charge in [0.2, 0.25) is 17.7 Å². The maximum atomic E-state index is 12.8. The van der Waals surface area contributed by atoms with Crippen molar-refractivity contribution >= 4 is 52.8 Å². The van der Waals surface area contributed by atoms with Gasteiger partial charge < -0.3 is 31.3 Å². The Hall–Kier alpha value is -9.60. The van der Waals surface area contributed by atoms with E-state index < -0.39 is 41.6 Å². The number of hydrogen-bond acceptors (Lipinski definition) is 13. The summed E-state index contributed by atoms with van der Waals surface area (Å²) in [6, 6.07) is 31.7. The molecular formula is C62H89N9O13. The van der Waals surface area contributed by atoms with Gasteiger partial charge in [-0.3, -0.25) is 28.8 Å². The Labute approximate surface area is 494 Å². The van der Waals surface area contributed by atoms with Gasteiger partial charge in [0.15, 0.2) is 17.3 Å². The SMILES string of the molecule is C.C.C.C.C.C.C.CCC(=O)[C@H](Cc1ccc(O)c(-n2[nH]c(=O)n(-c3ccccc3)c2=O)c1)NC(C)=O.CCC(=O)[C@H](Cc1ccc(O)cc1)NC(C)=O.CCC(=O)[C@H](Cc1ccc(O)cc1)NC(C)=O.O=C1N=NC(=O)N1c1ccccc1. The van der Waals surface area contributed by atoms with Gasteiger partial charge in [-0.25, -0.2) is 33.7 Å². The number of azo groups is 1. The normalized spacial score (nSPS) is 11.4. The Morgan fingerprint density at radius 2 is 0.810 bits per heavy atom. The molecule has 0 radical (unpaired) electrons. The highest BCUT2D eigenvalue weighted by Gasteiger charge is 2.29. The lowest BCUT2D eigenvalue weighted by Gasteiger charge is -2.17. The van der Waals surface area contributed by atoms with Crippen LogP contribution in [0.3, 0.4) is 0 Å². The second-order valence-electron chi connectivity index (χ2n) is 17.1. The smallest absolute Gasteiger partial charge is 0.375 e. The van der Waals surface area contributed by atoms with Crippen LogP contribution < -0.4 is 32.2 Å². The van der Waals surface area contributed by atoms with Crippen LogP contribution in [0.2, 0.25) is 0 Å². The molecule has 6 aromatic rings. The molecule has 2 heterocycles. The minimum atomic E-state index is -0.727. The van der Waals surface area contributed by atoms with Crippen LogP contribution in [-0.4, -0.2) is 94.9 Å². The molecule has 0 bridgehead atoms. The number of nitrogens with one attached hydrogen (secondary N) is 4. The highest BCUT2D eigenvalue weighted by Crippen LogP contribution is 2.23. The highest BCUT2D eigenvalue weighted by atomic mass is 16.3. The summed E-state index contributed by atoms with van der Waals surface area (Å²) in [7, 11) is 0. The van der Waals surface area contributed by atoms with E-state index in [1.807, 2.05) is 0 Å². The van der Waals surface area contributed by atoms with E-state index in [1.165, 1.54) is 32.9 Å². The molecule has 0 saturated carbocycles. The molecule has 1 aliphatic rings. The minimum absolute atomic E-state index is 0. The van der Waals surface area contributed by atoms with Gasteiger partial charge in [0.25, 0.3) is 0 Å². The highest BCUT2D eigenvalue weighted by molar-refractivity contribution is 6.17. The van der Waals surface area contributed by atoms with Crippen molar-refractivity contribution in [3.63, 3.8) is 0 Å². The van der Waals surface area contributed by atoms with Gasteiger partial charge in [-0.05, 0) is 96.6 Å². The fourth-order valence-corrected chi connectivity index (χ4v) is 7.46. The number of phenolic OH excluding ortho intramolecular Hbond substituents is 3. The Balaban J connectivity index is -0.000000519. The maximum Gasteiger partial charge on any atom is 0.375 e. The molecular weight excluding hydrogens is 1080 g/mol. The molecule has 0 spiro atoms. The van der Waals surface area contributed by atoms with E-state index in [2.05, 4.69) is 31.3 Å². The lowest BCUT2D eigenvalue weighted by Crippen LogP contribution is -2.41. The number of carbonyl (C=O) groups is 8. The van der Waals surface area contributed by atoms with Gasteiger partial charge in [0, 0.05) is 40.0 Å². The first-order chi connectivity index (χ1) is 36.6. The number of anilines is 1. The second kappa shape index (κ2) is 39.7. The number of carbonyl (C=O) groups excluding carboxylic acids is 8. The first kappa shape index (κ1) is 80.9. The van der Waals surface area contributed by atoms with E-state index in [-0.39, 0.29) is 123 Å². The van der Waals surface area contributed by atoms with Gasteiger partial charge in [-0.15, -0.1) is 0 Å². The molecule has 5 aromatic carbocycles. The van der Waals surface area contributed by atoms with Crippen LogP contribution in [0.5, 0.6) is 17.2 Å². The standard InChI is InChI=1S/C21H22N4O5.2C13H17NO3.C8H5N3O2.7CH4/c1-3-18(27)16(22-13(2)26)11-14-9-10-19(28)17(12-14)25-21(30)24(20(29)23-25)15-7-5-4-6-8-15;2*1-3-13(17)12(14-9(2)15)8-10-4-6-11(16)7-5-10;12-7-9-10-8(13)11(7)6-4-2-1-3-5-6;;;;;;;/h4-10,12,16,28H,3,11H2,1-2H3,(H,22,26)(H,23,29);2*4-7,12,16H,3,8H2,1-2H3,(H,14,15);1-5H;7*1H4/t16-;2*12-;;;;;;;;/m000......../s1. The second-order valence-corrected chi connectivity index (χ2v) is 17.1. The van der Waals surface area contributed by atoms with Crippen LogP contribution in [0.1, 0.15) is 129 Å². The lowest BCUT2D eigenvalue weighted by atomic mass is 10.00. The Morgan fingerprint density at radius 1 is 0.476 bits per heavy atom. The van der Waals surface area contributed by atoms with Crippen molar-refractivity contribution < 1.29 is 53.7 Å². The number of amides is 7. The molecule has 1 aromatic heterocycles. The van der Waals surface area contributed by atoms with Crippen molar-refractivity contribution in [1.29, 1.82) is 0 Å². The number of ketones is 3. The Bertz CT molecular complexity index is 3080. The molecule has 7 N–H and O–H groups in total. The summed E-state index contributed by atoms with van der Waals surface area (Å²) >= 11 is 0. The van der Waals surface area contributed by atoms with Gasteiger partial charge in [-0.1, -0.05) is 150 Å². The molecule has 460 valence electrons. The largest absolute Gasteiger partial charge is 0.508 e. The third kappa shape index (κ3) is 24.6. The number of nitrogens with zero attached hydrogens (tertiary/aromatic N) is 5. The van der Waals surface area contributed by atoms with Crippen molar-refractivity contribution in [2.75, 3.05) is 4.90 Å². The number of phenols is 3. The van der Waals surface area contributed by atoms with Crippen LogP contribution >= 0.6 is 0 Å². The fourth-order valence-electron chi connectivity index (χ4n) is 7.46. The molecule has 22 heteroatoms. The minimum Gasteiger partial charge on any atom is -0.508 e. The molecule has 7 rings (SSSR count). The fraction of sp³-hybridized carbons (Fsp3) is 0.355. The van der Waals surface area contributed by atoms with Crippen molar-refractivity contribution in [1.82, 2.24) is 30.3 Å². The average molecular weight is 1170 g/mol. The van der Waals surface area contributed by atoms with Gasteiger partial charge in [0.05, 0.1) is 29.5 Å². The van der Waals surface area contributed by atoms with Gasteiger partial charge >= 0.3 is 23.4 Å². The molecule has 0 saturated heterocycles. The molecule has 22 nitrogen and oxygen atoms in total. The average Bonchev–Trinajstić information content (AvgIpc) is 4.05. The predicted octanol–water partition coefficient (Wildman–Crippen LogP) is 10.5. The molecule has 7 amide bonds. The van der Waals surface area contributed by atoms with Crippen LogP contribution in [0.15, 0.2) is 147 Å². The monoisotopic (exact) mass is 1170 g/mol. The number of H-pyrrole nitrogens is 1. The van der Waals surface area contributed by atoms with Crippen LogP contribution in [0.4, 0.5) is 15.3 Å². The third-order valence-corrected chi connectivity index (χ3v) is 11.2. The molecule has 1 aliphatic heterocycles. The summed E-state index contributed by atoms with van der Waals surface area (Å²) in [6.45, 7) is 9.37. The number of aromatic nitrogens is 3. The van der Waals surface area contributed by atoms with E-state index >= 15 is 0 Å². The predicted molar refractivity (Wildman–Crippen MR) is 331 cm³/mol. The van der Waals surface area contributed by atoms with Crippen molar-refractivity contribution in [2.24, 2.45) is 10.2 Å². The number of benzene rings is 5. The van der Waals surface area contributed by atoms with E-state index in [0.717, 1.165) is 25.3 Å². The molecule has 0 unspecified atom stereocenters. The summed E-state index contributed by atoms with van der Waals surface area (Å²) in [5, 5.41) is 45.2. The van der Waals surface area contributed by atoms with Crippen molar-refractivity contribution in [3.8, 4) is 28.6 Å². The number of aromatic amines is 1.